The van der Waals surface area contributed by atoms with E-state index in [2.05, 4.69) is 286 Å². The molecular formula is C72H104O4Si4. The third-order valence-electron chi connectivity index (χ3n) is 18.6. The highest BCUT2D eigenvalue weighted by Gasteiger charge is 2.48. The lowest BCUT2D eigenvalue weighted by Gasteiger charge is -2.42. The summed E-state index contributed by atoms with van der Waals surface area (Å²) in [4.78, 5) is 0. The Labute approximate surface area is 494 Å². The number of hydrogen-bond donors (Lipinski definition) is 0. The summed E-state index contributed by atoms with van der Waals surface area (Å²) in [6.07, 6.45) is 0. The molecule has 0 fully saturated rings. The number of hydrogen-bond acceptors (Lipinski definition) is 4. The summed E-state index contributed by atoms with van der Waals surface area (Å²) in [7, 11) is -9.13. The highest BCUT2D eigenvalue weighted by Crippen LogP contribution is 2.47. The Morgan fingerprint density at radius 2 is 0.375 bits per heavy atom. The number of rotatable bonds is 24. The van der Waals surface area contributed by atoms with E-state index in [0.717, 1.165) is 66.8 Å². The summed E-state index contributed by atoms with van der Waals surface area (Å²) in [5, 5.41) is 0. The van der Waals surface area contributed by atoms with Crippen molar-refractivity contribution in [2.75, 3.05) is 0 Å². The maximum atomic E-state index is 7.43. The fourth-order valence-electron chi connectivity index (χ4n) is 15.1. The average molecular weight is 1150 g/mol. The van der Waals surface area contributed by atoms with Crippen molar-refractivity contribution >= 4 is 33.3 Å². The standard InChI is InChI=1S/C72H104O4Si4/c1-49(2)77(50(3)4,51(5)6)73-45-69-41-66-38-34-62-30-27-28-32-64(62)36-40-68-44-71(47-75-79(55(13)14,56(15)16)57(17)18)67(43-72(68)48-76-80(58(19)20,59(21)22)60(23)24)39-35-63-31-26-25-29-61(63)33-37-65(69)42-70(66)46-74-78(52(7)8,53(9)10)54(11)12/h25-32,41-44,49-60H,45-48H2,1-24H3. The SMILES string of the molecule is CC(C)[Si](OCc1cc2c(CO[Si](C(C)C)(C(C)C)C(C)C)cc1C#Cc1ccccc1C#Cc1cc(CO[Si](C(C)C)(C(C)C)C(C)C)c(cc1CO[Si](C(C)C)(C(C)C)C(C)C)C#Cc1ccccc1C#C2)(C(C)C)C(C)C. The second-order valence-corrected chi connectivity index (χ2v) is 48.7. The van der Waals surface area contributed by atoms with E-state index in [1.54, 1.807) is 0 Å². The molecule has 4 aromatic carbocycles. The highest BCUT2D eigenvalue weighted by molar-refractivity contribution is 6.79. The van der Waals surface area contributed by atoms with Crippen LogP contribution in [0.4, 0.5) is 0 Å². The summed E-state index contributed by atoms with van der Waals surface area (Å²) in [6.45, 7) is 58.2. The molecule has 0 atom stereocenters. The van der Waals surface area contributed by atoms with Gasteiger partial charge in [-0.05, 0) is 137 Å². The Morgan fingerprint density at radius 1 is 0.237 bits per heavy atom. The summed E-state index contributed by atoms with van der Waals surface area (Å²) in [5.41, 5.74) is 16.4. The van der Waals surface area contributed by atoms with Gasteiger partial charge in [0.2, 0.25) is 33.3 Å². The molecule has 0 heterocycles. The molecule has 80 heavy (non-hydrogen) atoms. The molecule has 4 bridgehead atoms. The predicted molar refractivity (Wildman–Crippen MR) is 353 cm³/mol. The van der Waals surface area contributed by atoms with Crippen molar-refractivity contribution in [1.82, 2.24) is 0 Å². The summed E-state index contributed by atoms with van der Waals surface area (Å²) in [6, 6.07) is 25.7. The molecule has 0 saturated carbocycles. The molecule has 0 N–H and O–H groups in total. The van der Waals surface area contributed by atoms with Crippen molar-refractivity contribution in [3.63, 3.8) is 0 Å². The molecule has 0 unspecified atom stereocenters. The highest BCUT2D eigenvalue weighted by atomic mass is 28.4. The van der Waals surface area contributed by atoms with Gasteiger partial charge in [-0.2, -0.15) is 0 Å². The predicted octanol–water partition coefficient (Wildman–Crippen LogP) is 20.4. The average Bonchev–Trinajstić information content (AvgIpc) is 3.38. The van der Waals surface area contributed by atoms with Gasteiger partial charge in [0.1, 0.15) is 0 Å². The summed E-state index contributed by atoms with van der Waals surface area (Å²) in [5.74, 6) is 29.8. The first-order valence-electron chi connectivity index (χ1n) is 30.7. The van der Waals surface area contributed by atoms with Crippen LogP contribution in [0.15, 0.2) is 72.8 Å². The minimum absolute atomic E-state index is 0.424. The zero-order valence-corrected chi connectivity index (χ0v) is 58.3. The molecular weight excluding hydrogens is 1040 g/mol. The fourth-order valence-corrected chi connectivity index (χ4v) is 36.7. The lowest BCUT2D eigenvalue weighted by Crippen LogP contribution is -2.47. The second kappa shape index (κ2) is 28.4. The smallest absolute Gasteiger partial charge is 0.200 e. The minimum atomic E-state index is -2.28. The molecule has 0 aromatic heterocycles. The van der Waals surface area contributed by atoms with Gasteiger partial charge in [-0.15, -0.1) is 0 Å². The van der Waals surface area contributed by atoms with E-state index in [1.165, 1.54) is 0 Å². The van der Waals surface area contributed by atoms with E-state index in [-0.39, 0.29) is 0 Å². The van der Waals surface area contributed by atoms with Crippen molar-refractivity contribution in [3.05, 3.63) is 140 Å². The first-order chi connectivity index (χ1) is 37.5. The van der Waals surface area contributed by atoms with E-state index < -0.39 is 33.3 Å². The number of benzene rings is 4. The van der Waals surface area contributed by atoms with Gasteiger partial charge < -0.3 is 17.7 Å². The minimum Gasteiger partial charge on any atom is -0.412 e. The first kappa shape index (κ1) is 66.6. The molecule has 4 aromatic rings. The van der Waals surface area contributed by atoms with E-state index in [9.17, 15) is 0 Å². The Kier molecular flexibility index (Phi) is 23.7. The van der Waals surface area contributed by atoms with Crippen LogP contribution in [0.3, 0.4) is 0 Å². The van der Waals surface area contributed by atoms with Crippen LogP contribution < -0.4 is 0 Å². The van der Waals surface area contributed by atoms with Crippen molar-refractivity contribution in [3.8, 4) is 47.4 Å². The van der Waals surface area contributed by atoms with Gasteiger partial charge in [-0.1, -0.05) is 238 Å². The molecule has 4 aliphatic carbocycles. The topological polar surface area (TPSA) is 36.9 Å². The zero-order valence-electron chi connectivity index (χ0n) is 54.3. The third-order valence-corrected chi connectivity index (χ3v) is 42.8. The maximum absolute atomic E-state index is 7.43. The van der Waals surface area contributed by atoms with Gasteiger partial charge >= 0.3 is 0 Å². The Morgan fingerprint density at radius 3 is 0.512 bits per heavy atom. The lowest BCUT2D eigenvalue weighted by molar-refractivity contribution is 0.262. The van der Waals surface area contributed by atoms with E-state index in [1.807, 2.05) is 0 Å². The van der Waals surface area contributed by atoms with Crippen LogP contribution in [0.25, 0.3) is 0 Å². The molecule has 0 radical (unpaired) electrons. The van der Waals surface area contributed by atoms with E-state index in [4.69, 9.17) is 17.7 Å². The quantitative estimate of drug-likeness (QED) is 0.0456. The molecule has 8 heteroatoms. The van der Waals surface area contributed by atoms with Crippen LogP contribution >= 0.6 is 0 Å². The fraction of sp³-hybridized carbons (Fsp3) is 0.556. The molecule has 8 rings (SSSR count). The summed E-state index contributed by atoms with van der Waals surface area (Å²) < 4.78 is 29.7. The van der Waals surface area contributed by atoms with Crippen LogP contribution in [-0.2, 0) is 44.1 Å². The van der Waals surface area contributed by atoms with Crippen molar-refractivity contribution in [2.45, 2.75) is 259 Å². The van der Waals surface area contributed by atoms with Crippen LogP contribution in [-0.4, -0.2) is 33.3 Å². The van der Waals surface area contributed by atoms with Gasteiger partial charge in [-0.25, -0.2) is 0 Å². The van der Waals surface area contributed by atoms with E-state index in [0.29, 0.717) is 92.9 Å². The Hall–Kier alpha value is -4.17. The van der Waals surface area contributed by atoms with Crippen LogP contribution in [0.1, 0.15) is 233 Å². The summed E-state index contributed by atoms with van der Waals surface area (Å²) >= 11 is 0. The molecule has 0 amide bonds. The van der Waals surface area contributed by atoms with Crippen LogP contribution in [0.2, 0.25) is 66.5 Å². The molecule has 0 saturated heterocycles. The molecule has 0 aliphatic heterocycles. The van der Waals surface area contributed by atoms with Crippen molar-refractivity contribution in [1.29, 1.82) is 0 Å². The molecule has 432 valence electrons. The van der Waals surface area contributed by atoms with Crippen molar-refractivity contribution in [2.24, 2.45) is 0 Å². The lowest BCUT2D eigenvalue weighted by atomic mass is 9.97. The van der Waals surface area contributed by atoms with Crippen LogP contribution in [0, 0.1) is 47.4 Å². The Balaban J connectivity index is 1.92. The van der Waals surface area contributed by atoms with Gasteiger partial charge in [0.15, 0.2) is 0 Å². The first-order valence-corrected chi connectivity index (χ1v) is 39.2. The van der Waals surface area contributed by atoms with Gasteiger partial charge in [0, 0.05) is 44.5 Å². The Bertz CT molecular complexity index is 2510. The maximum Gasteiger partial charge on any atom is 0.200 e. The largest absolute Gasteiger partial charge is 0.412 e. The van der Waals surface area contributed by atoms with E-state index >= 15 is 0 Å². The van der Waals surface area contributed by atoms with Crippen LogP contribution in [0.5, 0.6) is 0 Å². The third kappa shape index (κ3) is 14.2. The molecule has 4 aliphatic rings. The van der Waals surface area contributed by atoms with Gasteiger partial charge in [0.05, 0.1) is 26.4 Å². The molecule has 4 nitrogen and oxygen atoms in total. The van der Waals surface area contributed by atoms with Gasteiger partial charge in [0.25, 0.3) is 0 Å². The van der Waals surface area contributed by atoms with Crippen molar-refractivity contribution < 1.29 is 17.7 Å². The molecule has 0 spiro atoms. The zero-order chi connectivity index (χ0) is 59.7. The second-order valence-electron chi connectivity index (χ2n) is 26.8. The normalized spacial score (nSPS) is 13.2. The monoisotopic (exact) mass is 1140 g/mol. The van der Waals surface area contributed by atoms with Gasteiger partial charge in [-0.3, -0.25) is 0 Å².